The third-order valence-corrected chi connectivity index (χ3v) is 4.88. The highest BCUT2D eigenvalue weighted by atomic mass is 16.4. The Hall–Kier alpha value is -2.93. The number of hydrogen-bond acceptors (Lipinski definition) is 5. The normalized spacial score (nSPS) is 18.2. The number of pyridine rings is 2. The van der Waals surface area contributed by atoms with Crippen LogP contribution in [-0.4, -0.2) is 43.4 Å². The van der Waals surface area contributed by atoms with E-state index in [1.54, 1.807) is 6.20 Å². The van der Waals surface area contributed by atoms with Gasteiger partial charge in [-0.3, -0.25) is 19.1 Å². The van der Waals surface area contributed by atoms with Crippen LogP contribution < -0.4 is 5.73 Å². The molecule has 0 saturated carbocycles. The van der Waals surface area contributed by atoms with Gasteiger partial charge in [-0.25, -0.2) is 4.98 Å². The summed E-state index contributed by atoms with van der Waals surface area (Å²) in [6.07, 6.45) is 5.23. The van der Waals surface area contributed by atoms with E-state index in [4.69, 9.17) is 10.7 Å². The molecule has 1 atom stereocenters. The quantitative estimate of drug-likeness (QED) is 0.748. The van der Waals surface area contributed by atoms with Crippen molar-refractivity contribution in [1.82, 2.24) is 19.3 Å². The maximum absolute atomic E-state index is 11.4. The van der Waals surface area contributed by atoms with E-state index in [1.807, 2.05) is 40.9 Å². The zero-order chi connectivity index (χ0) is 18.1. The number of aromatic nitrogens is 3. The predicted octanol–water partition coefficient (Wildman–Crippen LogP) is 2.28. The number of fused-ring (bicyclic) bond motifs is 1. The molecule has 7 heteroatoms. The van der Waals surface area contributed by atoms with Gasteiger partial charge in [0.1, 0.15) is 11.3 Å². The van der Waals surface area contributed by atoms with Gasteiger partial charge in [0.15, 0.2) is 0 Å². The third-order valence-electron chi connectivity index (χ3n) is 4.88. The second kappa shape index (κ2) is 6.76. The molecular formula is C19H21N5O2. The minimum Gasteiger partial charge on any atom is -0.481 e. The fourth-order valence-electron chi connectivity index (χ4n) is 3.58. The summed E-state index contributed by atoms with van der Waals surface area (Å²) < 4.78 is 1.99. The average Bonchev–Trinajstić information content (AvgIpc) is 3.00. The number of nitrogens with two attached hydrogens (primary N) is 1. The van der Waals surface area contributed by atoms with Gasteiger partial charge in [-0.2, -0.15) is 0 Å². The van der Waals surface area contributed by atoms with Crippen LogP contribution in [0, 0.1) is 5.92 Å². The summed E-state index contributed by atoms with van der Waals surface area (Å²) >= 11 is 0. The molecule has 0 amide bonds. The van der Waals surface area contributed by atoms with Crippen LogP contribution in [0.2, 0.25) is 0 Å². The number of carbonyl (C=O) groups is 1. The maximum Gasteiger partial charge on any atom is 0.307 e. The van der Waals surface area contributed by atoms with Gasteiger partial charge in [0.05, 0.1) is 17.3 Å². The number of hydrogen-bond donors (Lipinski definition) is 2. The third kappa shape index (κ3) is 3.13. The molecule has 0 bridgehead atoms. The first-order valence-electron chi connectivity index (χ1n) is 8.75. The van der Waals surface area contributed by atoms with E-state index in [0.717, 1.165) is 42.1 Å². The SMILES string of the molecule is Nc1ccc2nc(-c3ccccn3)c(CN3CCCC(C(=O)O)C3)n2c1. The summed E-state index contributed by atoms with van der Waals surface area (Å²) in [5, 5.41) is 9.35. The molecule has 134 valence electrons. The van der Waals surface area contributed by atoms with Gasteiger partial charge in [0, 0.05) is 31.2 Å². The van der Waals surface area contributed by atoms with Crippen molar-refractivity contribution in [1.29, 1.82) is 0 Å². The number of rotatable bonds is 4. The lowest BCUT2D eigenvalue weighted by Gasteiger charge is -2.30. The first-order valence-corrected chi connectivity index (χ1v) is 8.75. The van der Waals surface area contributed by atoms with E-state index >= 15 is 0 Å². The molecule has 0 spiro atoms. The Labute approximate surface area is 151 Å². The van der Waals surface area contributed by atoms with Gasteiger partial charge in [0.2, 0.25) is 0 Å². The molecule has 3 aromatic heterocycles. The van der Waals surface area contributed by atoms with Crippen LogP contribution in [0.25, 0.3) is 17.0 Å². The average molecular weight is 351 g/mol. The molecule has 4 rings (SSSR count). The number of nitrogens with zero attached hydrogens (tertiary/aromatic N) is 4. The number of piperidine rings is 1. The fourth-order valence-corrected chi connectivity index (χ4v) is 3.58. The molecule has 1 aliphatic heterocycles. The van der Waals surface area contributed by atoms with E-state index in [2.05, 4.69) is 9.88 Å². The number of carboxylic acids is 1. The number of imidazole rings is 1. The molecule has 1 saturated heterocycles. The topological polar surface area (TPSA) is 96.8 Å². The monoisotopic (exact) mass is 351 g/mol. The molecule has 4 heterocycles. The highest BCUT2D eigenvalue weighted by Gasteiger charge is 2.27. The maximum atomic E-state index is 11.4. The molecule has 3 aromatic rings. The van der Waals surface area contributed by atoms with E-state index in [1.165, 1.54) is 0 Å². The first kappa shape index (κ1) is 16.5. The zero-order valence-electron chi connectivity index (χ0n) is 14.4. The Morgan fingerprint density at radius 2 is 2.19 bits per heavy atom. The summed E-state index contributed by atoms with van der Waals surface area (Å²) in [4.78, 5) is 22.7. The lowest BCUT2D eigenvalue weighted by molar-refractivity contribution is -0.143. The molecule has 0 aliphatic carbocycles. The summed E-state index contributed by atoms with van der Waals surface area (Å²) in [6.45, 7) is 2.04. The predicted molar refractivity (Wildman–Crippen MR) is 98.5 cm³/mol. The van der Waals surface area contributed by atoms with Gasteiger partial charge in [0.25, 0.3) is 0 Å². The summed E-state index contributed by atoms with van der Waals surface area (Å²) in [5.41, 5.74) is 10.0. The van der Waals surface area contributed by atoms with Gasteiger partial charge < -0.3 is 10.8 Å². The van der Waals surface area contributed by atoms with Crippen LogP contribution in [0.1, 0.15) is 18.5 Å². The number of carboxylic acid groups (broad SMARTS) is 1. The molecular weight excluding hydrogens is 330 g/mol. The molecule has 7 nitrogen and oxygen atoms in total. The summed E-state index contributed by atoms with van der Waals surface area (Å²) in [5.74, 6) is -1.03. The Balaban J connectivity index is 1.75. The van der Waals surface area contributed by atoms with Crippen LogP contribution >= 0.6 is 0 Å². The Bertz CT molecular complexity index is 938. The molecule has 0 aromatic carbocycles. The Morgan fingerprint density at radius 3 is 2.96 bits per heavy atom. The van der Waals surface area contributed by atoms with Crippen molar-refractivity contribution in [3.05, 3.63) is 48.4 Å². The van der Waals surface area contributed by atoms with Crippen LogP contribution in [0.15, 0.2) is 42.7 Å². The number of nitrogen functional groups attached to an aromatic ring is 1. The van der Waals surface area contributed by atoms with E-state index in [0.29, 0.717) is 18.8 Å². The lowest BCUT2D eigenvalue weighted by atomic mass is 9.98. The van der Waals surface area contributed by atoms with Crippen LogP contribution in [0.3, 0.4) is 0 Å². The smallest absolute Gasteiger partial charge is 0.307 e. The van der Waals surface area contributed by atoms with Crippen LogP contribution in [0.5, 0.6) is 0 Å². The van der Waals surface area contributed by atoms with E-state index in [-0.39, 0.29) is 5.92 Å². The Morgan fingerprint density at radius 1 is 1.31 bits per heavy atom. The molecule has 3 N–H and O–H groups in total. The standard InChI is InChI=1S/C19H21N5O2/c20-14-6-7-17-22-18(15-5-1-2-8-21-15)16(24(17)11-14)12-23-9-3-4-13(10-23)19(25)26/h1-2,5-8,11,13H,3-4,9-10,12,20H2,(H,25,26). The van der Waals surface area contributed by atoms with Crippen molar-refractivity contribution >= 4 is 17.3 Å². The van der Waals surface area contributed by atoms with Gasteiger partial charge in [-0.05, 0) is 43.7 Å². The second-order valence-corrected chi connectivity index (χ2v) is 6.73. The molecule has 26 heavy (non-hydrogen) atoms. The van der Waals surface area contributed by atoms with Crippen molar-refractivity contribution in [2.24, 2.45) is 5.92 Å². The van der Waals surface area contributed by atoms with Crippen molar-refractivity contribution < 1.29 is 9.90 Å². The Kier molecular flexibility index (Phi) is 4.30. The molecule has 0 radical (unpaired) electrons. The van der Waals surface area contributed by atoms with Crippen molar-refractivity contribution in [3.8, 4) is 11.4 Å². The number of likely N-dealkylation sites (tertiary alicyclic amines) is 1. The van der Waals surface area contributed by atoms with Gasteiger partial charge >= 0.3 is 5.97 Å². The zero-order valence-corrected chi connectivity index (χ0v) is 14.4. The number of anilines is 1. The largest absolute Gasteiger partial charge is 0.481 e. The van der Waals surface area contributed by atoms with Crippen molar-refractivity contribution in [2.45, 2.75) is 19.4 Å². The van der Waals surface area contributed by atoms with Crippen molar-refractivity contribution in [2.75, 3.05) is 18.8 Å². The summed E-state index contributed by atoms with van der Waals surface area (Å²) in [6, 6.07) is 9.47. The van der Waals surface area contributed by atoms with Crippen LogP contribution in [0.4, 0.5) is 5.69 Å². The van der Waals surface area contributed by atoms with E-state index in [9.17, 15) is 9.90 Å². The highest BCUT2D eigenvalue weighted by Crippen LogP contribution is 2.27. The molecule has 1 unspecified atom stereocenters. The second-order valence-electron chi connectivity index (χ2n) is 6.73. The molecule has 1 fully saturated rings. The van der Waals surface area contributed by atoms with E-state index < -0.39 is 5.97 Å². The van der Waals surface area contributed by atoms with Gasteiger partial charge in [-0.15, -0.1) is 0 Å². The van der Waals surface area contributed by atoms with Crippen molar-refractivity contribution in [3.63, 3.8) is 0 Å². The molecule has 1 aliphatic rings. The first-order chi connectivity index (χ1) is 12.6. The minimum atomic E-state index is -0.720. The lowest BCUT2D eigenvalue weighted by Crippen LogP contribution is -2.38. The van der Waals surface area contributed by atoms with Gasteiger partial charge in [-0.1, -0.05) is 6.07 Å². The summed E-state index contributed by atoms with van der Waals surface area (Å²) in [7, 11) is 0. The number of aliphatic carboxylic acids is 1. The minimum absolute atomic E-state index is 0.314. The fraction of sp³-hybridized carbons (Fsp3) is 0.316. The highest BCUT2D eigenvalue weighted by molar-refractivity contribution is 5.70. The van der Waals surface area contributed by atoms with Crippen LogP contribution in [-0.2, 0) is 11.3 Å².